The summed E-state index contributed by atoms with van der Waals surface area (Å²) in [4.78, 5) is 6.56. The number of nitrogen functional groups attached to an aromatic ring is 1. The summed E-state index contributed by atoms with van der Waals surface area (Å²) in [5.74, 6) is -0.0367. The zero-order valence-corrected chi connectivity index (χ0v) is 8.68. The molecule has 1 aromatic heterocycles. The number of aromatic nitrogens is 2. The van der Waals surface area contributed by atoms with Gasteiger partial charge in [0, 0.05) is 10.0 Å². The molecule has 2 rings (SSSR count). The molecule has 0 amide bonds. The fourth-order valence-electron chi connectivity index (χ4n) is 1.18. The van der Waals surface area contributed by atoms with Crippen LogP contribution in [0.3, 0.4) is 0 Å². The Kier molecular flexibility index (Phi) is 2.25. The molecule has 3 N–H and O–H groups in total. The molecule has 0 spiro atoms. The van der Waals surface area contributed by atoms with Gasteiger partial charge >= 0.3 is 0 Å². The summed E-state index contributed by atoms with van der Waals surface area (Å²) in [6.07, 6.45) is 1.50. The lowest BCUT2D eigenvalue weighted by Crippen LogP contribution is -1.87. The number of H-pyrrole nitrogens is 1. The molecule has 3 nitrogen and oxygen atoms in total. The summed E-state index contributed by atoms with van der Waals surface area (Å²) >= 11 is 3.18. The molecule has 1 aromatic carbocycles. The molecule has 72 valence electrons. The second kappa shape index (κ2) is 3.42. The second-order valence-corrected chi connectivity index (χ2v) is 3.72. The first kappa shape index (κ1) is 9.21. The van der Waals surface area contributed by atoms with E-state index in [4.69, 9.17) is 5.73 Å². The largest absolute Gasteiger partial charge is 0.369 e. The Hall–Kier alpha value is -1.36. The lowest BCUT2D eigenvalue weighted by Gasteiger charge is -1.99. The number of rotatable bonds is 1. The van der Waals surface area contributed by atoms with Crippen molar-refractivity contribution in [2.24, 2.45) is 0 Å². The van der Waals surface area contributed by atoms with Crippen LogP contribution in [0.25, 0.3) is 11.3 Å². The highest BCUT2D eigenvalue weighted by Crippen LogP contribution is 2.24. The van der Waals surface area contributed by atoms with Gasteiger partial charge in [0.1, 0.15) is 5.82 Å². The molecule has 5 heteroatoms. The molecule has 2 aromatic rings. The topological polar surface area (TPSA) is 54.7 Å². The minimum Gasteiger partial charge on any atom is -0.369 e. The number of hydrogen-bond donors (Lipinski definition) is 2. The van der Waals surface area contributed by atoms with Crippen LogP contribution < -0.4 is 5.73 Å². The third kappa shape index (κ3) is 1.63. The predicted octanol–water partition coefficient (Wildman–Crippen LogP) is 2.56. The van der Waals surface area contributed by atoms with Crippen LogP contribution in [0.15, 0.2) is 28.9 Å². The number of imidazole rings is 1. The van der Waals surface area contributed by atoms with E-state index in [-0.39, 0.29) is 11.8 Å². The van der Waals surface area contributed by atoms with Crippen molar-refractivity contribution >= 4 is 21.9 Å². The summed E-state index contributed by atoms with van der Waals surface area (Å²) in [5, 5.41) is 0. The number of nitrogens with one attached hydrogen (secondary N) is 1. The minimum atomic E-state index is -0.317. The van der Waals surface area contributed by atoms with Crippen LogP contribution >= 0.6 is 15.9 Å². The molecular weight excluding hydrogens is 249 g/mol. The molecule has 14 heavy (non-hydrogen) atoms. The highest BCUT2D eigenvalue weighted by Gasteiger charge is 2.07. The number of aromatic amines is 1. The lowest BCUT2D eigenvalue weighted by molar-refractivity contribution is 0.630. The maximum atomic E-state index is 13.4. The maximum Gasteiger partial charge on any atom is 0.197 e. The van der Waals surface area contributed by atoms with Gasteiger partial charge in [0.05, 0.1) is 11.9 Å². The molecule has 0 unspecified atom stereocenters. The smallest absolute Gasteiger partial charge is 0.197 e. The fourth-order valence-corrected chi connectivity index (χ4v) is 1.51. The van der Waals surface area contributed by atoms with E-state index in [2.05, 4.69) is 25.9 Å². The van der Waals surface area contributed by atoms with Crippen molar-refractivity contribution in [3.8, 4) is 11.3 Å². The number of anilines is 1. The van der Waals surface area contributed by atoms with E-state index in [0.717, 1.165) is 0 Å². The first-order valence-electron chi connectivity index (χ1n) is 3.93. The van der Waals surface area contributed by atoms with E-state index >= 15 is 0 Å². The Morgan fingerprint density at radius 3 is 2.79 bits per heavy atom. The Balaban J connectivity index is 2.52. The standard InChI is InChI=1S/C9H7BrFN3/c10-5-1-2-6(7(11)3-5)8-4-13-9(12)14-8/h1-4H,(H3,12,13,14). The van der Waals surface area contributed by atoms with Gasteiger partial charge in [-0.1, -0.05) is 15.9 Å². The summed E-state index contributed by atoms with van der Waals surface area (Å²) in [6, 6.07) is 4.81. The quantitative estimate of drug-likeness (QED) is 0.823. The van der Waals surface area contributed by atoms with Crippen molar-refractivity contribution in [1.82, 2.24) is 9.97 Å². The monoisotopic (exact) mass is 255 g/mol. The summed E-state index contributed by atoms with van der Waals surface area (Å²) < 4.78 is 14.1. The first-order valence-corrected chi connectivity index (χ1v) is 4.72. The van der Waals surface area contributed by atoms with Crippen LogP contribution in [-0.2, 0) is 0 Å². The number of benzene rings is 1. The summed E-state index contributed by atoms with van der Waals surface area (Å²) in [6.45, 7) is 0. The normalized spacial score (nSPS) is 10.4. The molecule has 0 aliphatic rings. The predicted molar refractivity (Wildman–Crippen MR) is 56.1 cm³/mol. The summed E-state index contributed by atoms with van der Waals surface area (Å²) in [5.41, 5.74) is 6.43. The highest BCUT2D eigenvalue weighted by atomic mass is 79.9. The average molecular weight is 256 g/mol. The van der Waals surface area contributed by atoms with Crippen molar-refractivity contribution < 1.29 is 4.39 Å². The Morgan fingerprint density at radius 2 is 2.21 bits per heavy atom. The van der Waals surface area contributed by atoms with Crippen LogP contribution in [0.1, 0.15) is 0 Å². The summed E-state index contributed by atoms with van der Waals surface area (Å²) in [7, 11) is 0. The highest BCUT2D eigenvalue weighted by molar-refractivity contribution is 9.10. The van der Waals surface area contributed by atoms with Gasteiger partial charge in [-0.25, -0.2) is 9.37 Å². The van der Waals surface area contributed by atoms with Crippen molar-refractivity contribution in [2.75, 3.05) is 5.73 Å². The van der Waals surface area contributed by atoms with E-state index in [1.165, 1.54) is 12.3 Å². The van der Waals surface area contributed by atoms with Crippen molar-refractivity contribution in [1.29, 1.82) is 0 Å². The zero-order valence-electron chi connectivity index (χ0n) is 7.09. The molecular formula is C9H7BrFN3. The van der Waals surface area contributed by atoms with Gasteiger partial charge in [-0.15, -0.1) is 0 Å². The lowest BCUT2D eigenvalue weighted by atomic mass is 10.1. The number of nitrogens with two attached hydrogens (primary N) is 1. The average Bonchev–Trinajstić information content (AvgIpc) is 2.51. The third-order valence-electron chi connectivity index (χ3n) is 1.82. The van der Waals surface area contributed by atoms with Gasteiger partial charge in [0.15, 0.2) is 5.95 Å². The van der Waals surface area contributed by atoms with Crippen molar-refractivity contribution in [2.45, 2.75) is 0 Å². The van der Waals surface area contributed by atoms with Crippen LogP contribution in [-0.4, -0.2) is 9.97 Å². The number of nitrogens with zero attached hydrogens (tertiary/aromatic N) is 1. The second-order valence-electron chi connectivity index (χ2n) is 2.81. The molecule has 0 aliphatic heterocycles. The van der Waals surface area contributed by atoms with Crippen LogP contribution in [0.2, 0.25) is 0 Å². The third-order valence-corrected chi connectivity index (χ3v) is 2.31. The maximum absolute atomic E-state index is 13.4. The fraction of sp³-hybridized carbons (Fsp3) is 0. The van der Waals surface area contributed by atoms with Crippen molar-refractivity contribution in [3.63, 3.8) is 0 Å². The van der Waals surface area contributed by atoms with E-state index < -0.39 is 0 Å². The molecule has 0 bridgehead atoms. The first-order chi connectivity index (χ1) is 6.66. The van der Waals surface area contributed by atoms with Gasteiger partial charge in [-0.3, -0.25) is 0 Å². The number of hydrogen-bond acceptors (Lipinski definition) is 2. The minimum absolute atomic E-state index is 0.280. The van der Waals surface area contributed by atoms with Gasteiger partial charge in [-0.05, 0) is 18.2 Å². The van der Waals surface area contributed by atoms with E-state index in [1.54, 1.807) is 12.1 Å². The van der Waals surface area contributed by atoms with Gasteiger partial charge in [-0.2, -0.15) is 0 Å². The molecule has 0 fully saturated rings. The van der Waals surface area contributed by atoms with E-state index in [1.807, 2.05) is 0 Å². The van der Waals surface area contributed by atoms with Gasteiger partial charge in [0.2, 0.25) is 0 Å². The number of halogens is 2. The molecule has 0 aliphatic carbocycles. The SMILES string of the molecule is Nc1ncc(-c2ccc(Br)cc2F)[nH]1. The van der Waals surface area contributed by atoms with Crippen molar-refractivity contribution in [3.05, 3.63) is 34.7 Å². The van der Waals surface area contributed by atoms with Crippen LogP contribution in [0.4, 0.5) is 10.3 Å². The molecule has 0 saturated heterocycles. The molecule has 0 radical (unpaired) electrons. The van der Waals surface area contributed by atoms with Crippen LogP contribution in [0.5, 0.6) is 0 Å². The zero-order chi connectivity index (χ0) is 10.1. The van der Waals surface area contributed by atoms with E-state index in [9.17, 15) is 4.39 Å². The molecule has 1 heterocycles. The van der Waals surface area contributed by atoms with Crippen LogP contribution in [0, 0.1) is 5.82 Å². The molecule has 0 atom stereocenters. The van der Waals surface area contributed by atoms with Gasteiger partial charge in [0.25, 0.3) is 0 Å². The Labute approximate surface area is 88.3 Å². The van der Waals surface area contributed by atoms with Gasteiger partial charge < -0.3 is 10.7 Å². The molecule has 0 saturated carbocycles. The Morgan fingerprint density at radius 1 is 1.43 bits per heavy atom. The Bertz CT molecular complexity index is 467. The van der Waals surface area contributed by atoms with E-state index in [0.29, 0.717) is 15.7 Å².